The van der Waals surface area contributed by atoms with Gasteiger partial charge in [-0.25, -0.2) is 8.42 Å². The van der Waals surface area contributed by atoms with Crippen LogP contribution in [0.4, 0.5) is 13.2 Å². The predicted octanol–water partition coefficient (Wildman–Crippen LogP) is 3.72. The number of alkyl halides is 3. The fourth-order valence-corrected chi connectivity index (χ4v) is 4.92. The molecule has 1 heterocycles. The van der Waals surface area contributed by atoms with Gasteiger partial charge >= 0.3 is 12.1 Å². The zero-order valence-corrected chi connectivity index (χ0v) is 16.9. The summed E-state index contributed by atoms with van der Waals surface area (Å²) in [5, 5.41) is 0. The first-order chi connectivity index (χ1) is 14.1. The summed E-state index contributed by atoms with van der Waals surface area (Å²) in [6.45, 7) is -0.145. The molecular weight excluding hydrogens is 423 g/mol. The third-order valence-electron chi connectivity index (χ3n) is 4.88. The number of hydrogen-bond acceptors (Lipinski definition) is 5. The van der Waals surface area contributed by atoms with Crippen LogP contribution in [0, 0.1) is 5.92 Å². The normalized spacial score (nSPS) is 16.3. The third kappa shape index (κ3) is 4.76. The number of piperidine rings is 1. The van der Waals surface area contributed by atoms with E-state index in [1.54, 1.807) is 24.3 Å². The molecule has 0 unspecified atom stereocenters. The van der Waals surface area contributed by atoms with Crippen molar-refractivity contribution in [2.75, 3.05) is 20.2 Å². The molecule has 30 heavy (non-hydrogen) atoms. The second-order valence-electron chi connectivity index (χ2n) is 6.77. The molecular formula is C20H20F3NO5S. The van der Waals surface area contributed by atoms with Crippen LogP contribution in [0.15, 0.2) is 53.4 Å². The smallest absolute Gasteiger partial charge is 0.417 e. The van der Waals surface area contributed by atoms with Gasteiger partial charge in [-0.2, -0.15) is 17.5 Å². The van der Waals surface area contributed by atoms with Crippen LogP contribution in [0.2, 0.25) is 0 Å². The first-order valence-corrected chi connectivity index (χ1v) is 10.6. The highest BCUT2D eigenvalue weighted by Gasteiger charge is 2.40. The monoisotopic (exact) mass is 443 g/mol. The summed E-state index contributed by atoms with van der Waals surface area (Å²) in [6.07, 6.45) is -4.48. The molecule has 10 heteroatoms. The van der Waals surface area contributed by atoms with Crippen molar-refractivity contribution < 1.29 is 35.9 Å². The lowest BCUT2D eigenvalue weighted by atomic mass is 9.98. The standard InChI is InChI=1S/C20H20F3NO5S/c1-28-15-6-8-16(9-7-15)29-19(25)14-10-12-24(13-11-14)30(26,27)18-5-3-2-4-17(18)20(21,22)23/h2-9,14H,10-13H2,1H3. The predicted molar refractivity (Wildman–Crippen MR) is 102 cm³/mol. The van der Waals surface area contributed by atoms with Gasteiger partial charge in [0, 0.05) is 13.1 Å². The second-order valence-corrected chi connectivity index (χ2v) is 8.68. The minimum atomic E-state index is -4.79. The van der Waals surface area contributed by atoms with Crippen LogP contribution in [-0.4, -0.2) is 38.9 Å². The molecule has 1 aliphatic heterocycles. The van der Waals surface area contributed by atoms with Crippen molar-refractivity contribution in [3.63, 3.8) is 0 Å². The fraction of sp³-hybridized carbons (Fsp3) is 0.350. The van der Waals surface area contributed by atoms with Crippen LogP contribution in [0.5, 0.6) is 11.5 Å². The molecule has 162 valence electrons. The minimum Gasteiger partial charge on any atom is -0.497 e. The summed E-state index contributed by atoms with van der Waals surface area (Å²) >= 11 is 0. The van der Waals surface area contributed by atoms with Gasteiger partial charge in [-0.05, 0) is 49.2 Å². The van der Waals surface area contributed by atoms with Crippen LogP contribution >= 0.6 is 0 Å². The van der Waals surface area contributed by atoms with Crippen molar-refractivity contribution in [3.8, 4) is 11.5 Å². The largest absolute Gasteiger partial charge is 0.497 e. The number of carbonyl (C=O) groups is 1. The van der Waals surface area contributed by atoms with Crippen LogP contribution in [0.25, 0.3) is 0 Å². The Morgan fingerprint density at radius 3 is 2.13 bits per heavy atom. The maximum atomic E-state index is 13.2. The Morgan fingerprint density at radius 1 is 1.00 bits per heavy atom. The van der Waals surface area contributed by atoms with Crippen LogP contribution < -0.4 is 9.47 Å². The van der Waals surface area contributed by atoms with Gasteiger partial charge in [0.2, 0.25) is 10.0 Å². The van der Waals surface area contributed by atoms with Crippen LogP contribution in [0.1, 0.15) is 18.4 Å². The Hall–Kier alpha value is -2.59. The van der Waals surface area contributed by atoms with Crippen molar-refractivity contribution in [2.45, 2.75) is 23.9 Å². The van der Waals surface area contributed by atoms with E-state index in [-0.39, 0.29) is 25.9 Å². The molecule has 1 saturated heterocycles. The zero-order chi connectivity index (χ0) is 21.9. The SMILES string of the molecule is COc1ccc(OC(=O)C2CCN(S(=O)(=O)c3ccccc3C(F)(F)F)CC2)cc1. The van der Waals surface area contributed by atoms with Crippen molar-refractivity contribution in [2.24, 2.45) is 5.92 Å². The van der Waals surface area contributed by atoms with Gasteiger partial charge in [0.05, 0.1) is 23.5 Å². The number of halogens is 3. The summed E-state index contributed by atoms with van der Waals surface area (Å²) in [5.41, 5.74) is -1.20. The lowest BCUT2D eigenvalue weighted by Crippen LogP contribution is -2.41. The molecule has 0 radical (unpaired) electrons. The number of benzene rings is 2. The van der Waals surface area contributed by atoms with Gasteiger partial charge in [0.25, 0.3) is 0 Å². The Morgan fingerprint density at radius 2 is 1.57 bits per heavy atom. The summed E-state index contributed by atoms with van der Waals surface area (Å²) < 4.78 is 76.5. The molecule has 3 rings (SSSR count). The van der Waals surface area contributed by atoms with E-state index in [4.69, 9.17) is 9.47 Å². The summed E-state index contributed by atoms with van der Waals surface area (Å²) in [6, 6.07) is 10.5. The summed E-state index contributed by atoms with van der Waals surface area (Å²) in [7, 11) is -2.83. The summed E-state index contributed by atoms with van der Waals surface area (Å²) in [5.74, 6) is -0.119. The van der Waals surface area contributed by atoms with Crippen LogP contribution in [0.3, 0.4) is 0 Å². The minimum absolute atomic E-state index is 0.0725. The van der Waals surface area contributed by atoms with Gasteiger partial charge in [-0.15, -0.1) is 0 Å². The molecule has 2 aromatic rings. The first-order valence-electron chi connectivity index (χ1n) is 9.15. The van der Waals surface area contributed by atoms with E-state index < -0.39 is 38.5 Å². The average molecular weight is 443 g/mol. The van der Waals surface area contributed by atoms with E-state index in [0.29, 0.717) is 11.5 Å². The van der Waals surface area contributed by atoms with E-state index in [1.807, 2.05) is 0 Å². The Labute approximate surface area is 172 Å². The van der Waals surface area contributed by atoms with Crippen molar-refractivity contribution in [1.82, 2.24) is 4.31 Å². The lowest BCUT2D eigenvalue weighted by molar-refractivity contribution is -0.140. The topological polar surface area (TPSA) is 72.9 Å². The highest BCUT2D eigenvalue weighted by atomic mass is 32.2. The quantitative estimate of drug-likeness (QED) is 0.520. The van der Waals surface area contributed by atoms with Crippen molar-refractivity contribution >= 4 is 16.0 Å². The second kappa shape index (κ2) is 8.65. The van der Waals surface area contributed by atoms with E-state index in [9.17, 15) is 26.4 Å². The molecule has 0 spiro atoms. The molecule has 0 bridgehead atoms. The average Bonchev–Trinajstić information content (AvgIpc) is 2.74. The number of nitrogens with zero attached hydrogens (tertiary/aromatic N) is 1. The van der Waals surface area contributed by atoms with Crippen molar-refractivity contribution in [1.29, 1.82) is 0 Å². The van der Waals surface area contributed by atoms with Gasteiger partial charge in [-0.1, -0.05) is 12.1 Å². The number of hydrogen-bond donors (Lipinski definition) is 0. The molecule has 0 atom stereocenters. The number of methoxy groups -OCH3 is 1. The highest BCUT2D eigenvalue weighted by molar-refractivity contribution is 7.89. The molecule has 0 saturated carbocycles. The first kappa shape index (κ1) is 22.1. The lowest BCUT2D eigenvalue weighted by Gasteiger charge is -2.30. The summed E-state index contributed by atoms with van der Waals surface area (Å²) in [4.78, 5) is 11.6. The van der Waals surface area contributed by atoms with Crippen LogP contribution in [-0.2, 0) is 21.0 Å². The molecule has 1 aliphatic rings. The number of esters is 1. The molecule has 1 fully saturated rings. The van der Waals surface area contributed by atoms with Gasteiger partial charge in [0.15, 0.2) is 0 Å². The number of sulfonamides is 1. The Bertz CT molecular complexity index is 998. The molecule has 6 nitrogen and oxygen atoms in total. The Balaban J connectivity index is 1.67. The van der Waals surface area contributed by atoms with Gasteiger partial charge in [0.1, 0.15) is 11.5 Å². The molecule has 0 aliphatic carbocycles. The van der Waals surface area contributed by atoms with Crippen molar-refractivity contribution in [3.05, 3.63) is 54.1 Å². The van der Waals surface area contributed by atoms with E-state index in [1.165, 1.54) is 13.2 Å². The number of rotatable bonds is 5. The van der Waals surface area contributed by atoms with E-state index in [0.717, 1.165) is 22.5 Å². The molecule has 2 aromatic carbocycles. The third-order valence-corrected chi connectivity index (χ3v) is 6.83. The molecule has 0 amide bonds. The Kier molecular flexibility index (Phi) is 6.37. The number of carbonyl (C=O) groups excluding carboxylic acids is 1. The zero-order valence-electron chi connectivity index (χ0n) is 16.1. The van der Waals surface area contributed by atoms with E-state index >= 15 is 0 Å². The maximum absolute atomic E-state index is 13.2. The van der Waals surface area contributed by atoms with Gasteiger partial charge < -0.3 is 9.47 Å². The fourth-order valence-electron chi connectivity index (χ4n) is 3.24. The molecule has 0 aromatic heterocycles. The number of ether oxygens (including phenoxy) is 2. The maximum Gasteiger partial charge on any atom is 0.417 e. The van der Waals surface area contributed by atoms with E-state index in [2.05, 4.69) is 0 Å². The highest BCUT2D eigenvalue weighted by Crippen LogP contribution is 2.36. The molecule has 0 N–H and O–H groups in total. The van der Waals surface area contributed by atoms with Gasteiger partial charge in [-0.3, -0.25) is 4.79 Å².